The third kappa shape index (κ3) is 2.01. The van der Waals surface area contributed by atoms with Crippen LogP contribution in [0.5, 0.6) is 23.0 Å². The molecule has 0 atom stereocenters. The van der Waals surface area contributed by atoms with E-state index >= 15 is 0 Å². The van der Waals surface area contributed by atoms with Gasteiger partial charge in [0, 0.05) is 5.56 Å². The van der Waals surface area contributed by atoms with Gasteiger partial charge < -0.3 is 24.1 Å². The Morgan fingerprint density at radius 2 is 2.06 bits per heavy atom. The number of methoxy groups -OCH3 is 2. The topological polar surface area (TPSA) is 57.2 Å². The Bertz CT molecular complexity index is 439. The van der Waals surface area contributed by atoms with Gasteiger partial charge >= 0.3 is 0 Å². The Labute approximate surface area is 99.2 Å². The van der Waals surface area contributed by atoms with Crippen molar-refractivity contribution in [3.8, 4) is 23.0 Å². The maximum atomic E-state index is 8.80. The van der Waals surface area contributed by atoms with Crippen LogP contribution in [0.15, 0.2) is 12.1 Å². The van der Waals surface area contributed by atoms with Crippen LogP contribution >= 0.6 is 0 Å². The van der Waals surface area contributed by atoms with E-state index < -0.39 is 0 Å². The van der Waals surface area contributed by atoms with Crippen LogP contribution < -0.4 is 18.9 Å². The smallest absolute Gasteiger partial charge is 0.231 e. The fourth-order valence-electron chi connectivity index (χ4n) is 1.71. The minimum absolute atomic E-state index is 0.0418. The molecule has 0 fully saturated rings. The number of hydrogen-bond donors (Lipinski definition) is 1. The molecule has 2 rings (SSSR count). The molecule has 0 saturated heterocycles. The summed E-state index contributed by atoms with van der Waals surface area (Å²) in [6.45, 7) is 0.127. The molecular weight excluding hydrogens is 224 g/mol. The van der Waals surface area contributed by atoms with Crippen LogP contribution in [0, 0.1) is 0 Å². The molecule has 5 nitrogen and oxygen atoms in total. The van der Waals surface area contributed by atoms with Gasteiger partial charge in [-0.05, 0) is 6.07 Å². The van der Waals surface area contributed by atoms with E-state index in [1.807, 2.05) is 0 Å². The van der Waals surface area contributed by atoms with Crippen LogP contribution in [0.3, 0.4) is 0 Å². The van der Waals surface area contributed by atoms with Gasteiger partial charge in [0.1, 0.15) is 0 Å². The summed E-state index contributed by atoms with van der Waals surface area (Å²) in [5.41, 5.74) is 0.766. The van der Waals surface area contributed by atoms with E-state index in [1.54, 1.807) is 32.4 Å². The lowest BCUT2D eigenvalue weighted by Gasteiger charge is -2.12. The number of aliphatic hydroxyl groups is 1. The molecule has 17 heavy (non-hydrogen) atoms. The first-order valence-electron chi connectivity index (χ1n) is 5.13. The molecule has 0 aliphatic carbocycles. The first kappa shape index (κ1) is 11.6. The normalized spacial score (nSPS) is 13.1. The van der Waals surface area contributed by atoms with Crippen molar-refractivity contribution in [1.29, 1.82) is 0 Å². The molecule has 0 unspecified atom stereocenters. The second kappa shape index (κ2) is 4.97. The lowest BCUT2D eigenvalue weighted by molar-refractivity contribution is 0.170. The maximum Gasteiger partial charge on any atom is 0.231 e. The molecule has 1 aliphatic rings. The average molecular weight is 238 g/mol. The standard InChI is InChI=1S/C12H14O5/c1-14-10-8(4-3-5-13)6-9-11(12(10)15-2)17-7-16-9/h3-4,6,13H,5,7H2,1-2H3/b4-3+. The van der Waals surface area contributed by atoms with Gasteiger partial charge in [0.25, 0.3) is 0 Å². The van der Waals surface area contributed by atoms with Gasteiger partial charge in [-0.25, -0.2) is 0 Å². The molecule has 0 spiro atoms. The number of hydrogen-bond acceptors (Lipinski definition) is 5. The van der Waals surface area contributed by atoms with Crippen molar-refractivity contribution in [2.75, 3.05) is 27.6 Å². The lowest BCUT2D eigenvalue weighted by atomic mass is 10.1. The largest absolute Gasteiger partial charge is 0.492 e. The second-order valence-corrected chi connectivity index (χ2v) is 3.35. The van der Waals surface area contributed by atoms with E-state index in [0.29, 0.717) is 23.0 Å². The minimum atomic E-state index is -0.0418. The second-order valence-electron chi connectivity index (χ2n) is 3.35. The van der Waals surface area contributed by atoms with Gasteiger partial charge in [0.2, 0.25) is 18.3 Å². The van der Waals surface area contributed by atoms with Crippen LogP contribution in [0.25, 0.3) is 6.08 Å². The summed E-state index contributed by atoms with van der Waals surface area (Å²) in [4.78, 5) is 0. The van der Waals surface area contributed by atoms with Crippen LogP contribution in [0.2, 0.25) is 0 Å². The quantitative estimate of drug-likeness (QED) is 0.860. The SMILES string of the molecule is COc1c(/C=C/CO)cc2c(c1OC)OCO2. The van der Waals surface area contributed by atoms with Crippen LogP contribution in [-0.2, 0) is 0 Å². The van der Waals surface area contributed by atoms with E-state index in [2.05, 4.69) is 0 Å². The number of aliphatic hydroxyl groups excluding tert-OH is 1. The van der Waals surface area contributed by atoms with Crippen molar-refractivity contribution in [3.05, 3.63) is 17.7 Å². The number of benzene rings is 1. The number of rotatable bonds is 4. The monoisotopic (exact) mass is 238 g/mol. The third-order valence-electron chi connectivity index (χ3n) is 2.41. The summed E-state index contributed by atoms with van der Waals surface area (Å²) in [6.07, 6.45) is 3.35. The Hall–Kier alpha value is -1.88. The van der Waals surface area contributed by atoms with Crippen LogP contribution in [0.1, 0.15) is 5.56 Å². The van der Waals surface area contributed by atoms with E-state index in [0.717, 1.165) is 5.56 Å². The molecule has 1 aromatic rings. The molecule has 5 heteroatoms. The molecule has 0 saturated carbocycles. The molecule has 1 N–H and O–H groups in total. The van der Waals surface area contributed by atoms with Crippen molar-refractivity contribution in [3.63, 3.8) is 0 Å². The van der Waals surface area contributed by atoms with Gasteiger partial charge in [-0.15, -0.1) is 0 Å². The predicted octanol–water partition coefficient (Wildman–Crippen LogP) is 1.44. The van der Waals surface area contributed by atoms with Gasteiger partial charge in [0.05, 0.1) is 20.8 Å². The van der Waals surface area contributed by atoms with Crippen molar-refractivity contribution >= 4 is 6.08 Å². The van der Waals surface area contributed by atoms with Gasteiger partial charge in [0.15, 0.2) is 11.5 Å². The number of fused-ring (bicyclic) bond motifs is 1. The Morgan fingerprint density at radius 3 is 2.71 bits per heavy atom. The molecule has 1 aliphatic heterocycles. The van der Waals surface area contributed by atoms with Crippen LogP contribution in [-0.4, -0.2) is 32.7 Å². The highest BCUT2D eigenvalue weighted by molar-refractivity contribution is 5.71. The van der Waals surface area contributed by atoms with Crippen molar-refractivity contribution in [2.24, 2.45) is 0 Å². The molecule has 0 bridgehead atoms. The Balaban J connectivity index is 2.55. The van der Waals surface area contributed by atoms with Crippen molar-refractivity contribution < 1.29 is 24.1 Å². The fourth-order valence-corrected chi connectivity index (χ4v) is 1.71. The minimum Gasteiger partial charge on any atom is -0.492 e. The molecule has 0 radical (unpaired) electrons. The highest BCUT2D eigenvalue weighted by atomic mass is 16.7. The molecule has 1 heterocycles. The van der Waals surface area contributed by atoms with E-state index in [1.165, 1.54) is 0 Å². The zero-order valence-electron chi connectivity index (χ0n) is 9.73. The van der Waals surface area contributed by atoms with Crippen molar-refractivity contribution in [1.82, 2.24) is 0 Å². The zero-order valence-corrected chi connectivity index (χ0v) is 9.73. The zero-order chi connectivity index (χ0) is 12.3. The Kier molecular flexibility index (Phi) is 3.39. The first-order chi connectivity index (χ1) is 8.31. The predicted molar refractivity (Wildman–Crippen MR) is 61.8 cm³/mol. The van der Waals surface area contributed by atoms with Gasteiger partial charge in [-0.3, -0.25) is 0 Å². The summed E-state index contributed by atoms with van der Waals surface area (Å²) < 4.78 is 21.2. The highest BCUT2D eigenvalue weighted by Gasteiger charge is 2.25. The number of ether oxygens (including phenoxy) is 4. The maximum absolute atomic E-state index is 8.80. The third-order valence-corrected chi connectivity index (χ3v) is 2.41. The molecule has 1 aromatic carbocycles. The van der Waals surface area contributed by atoms with Crippen LogP contribution in [0.4, 0.5) is 0 Å². The van der Waals surface area contributed by atoms with Gasteiger partial charge in [-0.2, -0.15) is 0 Å². The fraction of sp³-hybridized carbons (Fsp3) is 0.333. The highest BCUT2D eigenvalue weighted by Crippen LogP contribution is 2.49. The summed E-state index contributed by atoms with van der Waals surface area (Å²) in [5.74, 6) is 2.22. The molecule has 0 amide bonds. The molecule has 92 valence electrons. The average Bonchev–Trinajstić information content (AvgIpc) is 2.81. The first-order valence-corrected chi connectivity index (χ1v) is 5.13. The summed E-state index contributed by atoms with van der Waals surface area (Å²) in [5, 5.41) is 8.80. The molecular formula is C12H14O5. The van der Waals surface area contributed by atoms with Gasteiger partial charge in [-0.1, -0.05) is 12.2 Å². The van der Waals surface area contributed by atoms with E-state index in [9.17, 15) is 0 Å². The summed E-state index contributed by atoms with van der Waals surface area (Å²) in [7, 11) is 3.09. The summed E-state index contributed by atoms with van der Waals surface area (Å²) >= 11 is 0. The van der Waals surface area contributed by atoms with Crippen molar-refractivity contribution in [2.45, 2.75) is 0 Å². The Morgan fingerprint density at radius 1 is 1.29 bits per heavy atom. The summed E-state index contributed by atoms with van der Waals surface area (Å²) in [6, 6.07) is 1.79. The van der Waals surface area contributed by atoms with E-state index in [4.69, 9.17) is 24.1 Å². The lowest BCUT2D eigenvalue weighted by Crippen LogP contribution is -1.96. The van der Waals surface area contributed by atoms with E-state index in [-0.39, 0.29) is 13.4 Å². The molecule has 0 aromatic heterocycles.